The van der Waals surface area contributed by atoms with Crippen LogP contribution >= 0.6 is 11.8 Å². The lowest BCUT2D eigenvalue weighted by molar-refractivity contribution is -0.119. The van der Waals surface area contributed by atoms with Gasteiger partial charge in [0.2, 0.25) is 0 Å². The molecule has 0 bridgehead atoms. The maximum absolute atomic E-state index is 13.3. The summed E-state index contributed by atoms with van der Waals surface area (Å²) in [4.78, 5) is 27.4. The van der Waals surface area contributed by atoms with Crippen molar-refractivity contribution in [2.75, 3.05) is 17.3 Å². The van der Waals surface area contributed by atoms with Crippen molar-refractivity contribution >= 4 is 34.8 Å². The Balaban J connectivity index is 1.96. The van der Waals surface area contributed by atoms with Crippen molar-refractivity contribution in [2.45, 2.75) is 20.0 Å². The Morgan fingerprint density at radius 3 is 2.25 bits per heavy atom. The summed E-state index contributed by atoms with van der Waals surface area (Å²) in [6, 6.07) is 12.1. The van der Waals surface area contributed by atoms with Crippen LogP contribution in [-0.2, 0) is 9.59 Å². The molecule has 0 atom stereocenters. The first-order chi connectivity index (χ1) is 13.4. The summed E-state index contributed by atoms with van der Waals surface area (Å²) in [6.07, 6.45) is 0.00845. The molecule has 1 aliphatic heterocycles. The van der Waals surface area contributed by atoms with Crippen LogP contribution < -0.4 is 9.64 Å². The Morgan fingerprint density at radius 1 is 1.04 bits per heavy atom. The summed E-state index contributed by atoms with van der Waals surface area (Å²) in [7, 11) is 0. The van der Waals surface area contributed by atoms with Crippen LogP contribution in [0.5, 0.6) is 5.75 Å². The second kappa shape index (κ2) is 8.58. The second-order valence-electron chi connectivity index (χ2n) is 6.39. The number of thioether (sulfide) groups is 1. The summed E-state index contributed by atoms with van der Waals surface area (Å²) in [5.74, 6) is -0.453. The SMILES string of the molecule is CC(C)Oc1ccc(N2C(=O)C(SCCO)=C(c3ccc(F)cc3)C2=O)cc1. The van der Waals surface area contributed by atoms with Gasteiger partial charge < -0.3 is 9.84 Å². The number of nitrogens with zero attached hydrogens (tertiary/aromatic N) is 1. The van der Waals surface area contributed by atoms with Crippen LogP contribution in [-0.4, -0.2) is 35.4 Å². The maximum Gasteiger partial charge on any atom is 0.272 e. The van der Waals surface area contributed by atoms with Gasteiger partial charge in [-0.1, -0.05) is 12.1 Å². The standard InChI is InChI=1S/C21H20FNO4S/c1-13(2)27-17-9-7-16(8-10-17)23-20(25)18(14-3-5-15(22)6-4-14)19(21(23)26)28-12-11-24/h3-10,13,24H,11-12H2,1-2H3. The zero-order chi connectivity index (χ0) is 20.3. The molecule has 1 N–H and O–H groups in total. The third-order valence-electron chi connectivity index (χ3n) is 3.98. The molecule has 1 heterocycles. The summed E-state index contributed by atoms with van der Waals surface area (Å²) in [5.41, 5.74) is 1.10. The number of amides is 2. The minimum Gasteiger partial charge on any atom is -0.491 e. The average Bonchev–Trinajstić information content (AvgIpc) is 2.91. The molecule has 0 saturated carbocycles. The lowest BCUT2D eigenvalue weighted by atomic mass is 10.1. The monoisotopic (exact) mass is 401 g/mol. The van der Waals surface area contributed by atoms with Crippen LogP contribution in [0.15, 0.2) is 53.4 Å². The first kappa shape index (κ1) is 20.1. The van der Waals surface area contributed by atoms with Crippen LogP contribution in [0.2, 0.25) is 0 Å². The summed E-state index contributed by atoms with van der Waals surface area (Å²) in [6.45, 7) is 3.68. The molecule has 2 aromatic carbocycles. The normalized spacial score (nSPS) is 14.4. The molecule has 0 saturated heterocycles. The van der Waals surface area contributed by atoms with E-state index in [1.54, 1.807) is 24.3 Å². The summed E-state index contributed by atoms with van der Waals surface area (Å²) in [5, 5.41) is 9.14. The molecule has 0 radical (unpaired) electrons. The van der Waals surface area contributed by atoms with Gasteiger partial charge >= 0.3 is 0 Å². The molecular formula is C21H20FNO4S. The second-order valence-corrected chi connectivity index (χ2v) is 7.49. The van der Waals surface area contributed by atoms with E-state index in [0.717, 1.165) is 16.7 Å². The Hall–Kier alpha value is -2.64. The summed E-state index contributed by atoms with van der Waals surface area (Å²) < 4.78 is 18.9. The van der Waals surface area contributed by atoms with Crippen molar-refractivity contribution < 1.29 is 23.8 Å². The molecule has 0 fully saturated rings. The third-order valence-corrected chi connectivity index (χ3v) is 5.03. The van der Waals surface area contributed by atoms with E-state index in [2.05, 4.69) is 0 Å². The zero-order valence-corrected chi connectivity index (χ0v) is 16.3. The third kappa shape index (κ3) is 4.10. The fourth-order valence-electron chi connectivity index (χ4n) is 2.84. The van der Waals surface area contributed by atoms with Crippen LogP contribution in [0.25, 0.3) is 5.57 Å². The van der Waals surface area contributed by atoms with Crippen LogP contribution in [0.4, 0.5) is 10.1 Å². The molecule has 5 nitrogen and oxygen atoms in total. The van der Waals surface area contributed by atoms with Gasteiger partial charge in [-0.15, -0.1) is 11.8 Å². The molecule has 2 amide bonds. The number of aliphatic hydroxyl groups is 1. The molecular weight excluding hydrogens is 381 g/mol. The number of carbonyl (C=O) groups excluding carboxylic acids is 2. The molecule has 2 aromatic rings. The van der Waals surface area contributed by atoms with E-state index in [1.165, 1.54) is 24.3 Å². The van der Waals surface area contributed by atoms with Crippen molar-refractivity contribution in [1.82, 2.24) is 0 Å². The first-order valence-electron chi connectivity index (χ1n) is 8.81. The average molecular weight is 401 g/mol. The maximum atomic E-state index is 13.3. The van der Waals surface area contributed by atoms with Gasteiger partial charge in [-0.25, -0.2) is 9.29 Å². The van der Waals surface area contributed by atoms with Gasteiger partial charge in [0.05, 0.1) is 28.9 Å². The number of benzene rings is 2. The van der Waals surface area contributed by atoms with Gasteiger partial charge in [-0.3, -0.25) is 9.59 Å². The van der Waals surface area contributed by atoms with Crippen LogP contribution in [0.1, 0.15) is 19.4 Å². The van der Waals surface area contributed by atoms with Gasteiger partial charge in [-0.2, -0.15) is 0 Å². The zero-order valence-electron chi connectivity index (χ0n) is 15.5. The number of halogens is 1. The molecule has 28 heavy (non-hydrogen) atoms. The minimum absolute atomic E-state index is 0.00845. The molecule has 7 heteroatoms. The van der Waals surface area contributed by atoms with Gasteiger partial charge in [-0.05, 0) is 55.8 Å². The highest BCUT2D eigenvalue weighted by molar-refractivity contribution is 8.04. The number of hydrogen-bond donors (Lipinski definition) is 1. The van der Waals surface area contributed by atoms with Crippen LogP contribution in [0.3, 0.4) is 0 Å². The molecule has 0 aromatic heterocycles. The quantitative estimate of drug-likeness (QED) is 0.718. The topological polar surface area (TPSA) is 66.8 Å². The highest BCUT2D eigenvalue weighted by Crippen LogP contribution is 2.38. The molecule has 0 spiro atoms. The number of ether oxygens (including phenoxy) is 1. The van der Waals surface area contributed by atoms with Crippen molar-refractivity contribution in [3.63, 3.8) is 0 Å². The van der Waals surface area contributed by atoms with Crippen molar-refractivity contribution in [3.8, 4) is 5.75 Å². The van der Waals surface area contributed by atoms with E-state index in [1.807, 2.05) is 13.8 Å². The predicted molar refractivity (Wildman–Crippen MR) is 108 cm³/mol. The number of imide groups is 1. The fraction of sp³-hybridized carbons (Fsp3) is 0.238. The van der Waals surface area contributed by atoms with Gasteiger partial charge in [0, 0.05) is 5.75 Å². The van der Waals surface area contributed by atoms with E-state index >= 15 is 0 Å². The Labute approximate surface area is 166 Å². The Morgan fingerprint density at radius 2 is 1.68 bits per heavy atom. The largest absolute Gasteiger partial charge is 0.491 e. The van der Waals surface area contributed by atoms with Crippen molar-refractivity contribution in [2.24, 2.45) is 0 Å². The number of hydrogen-bond acceptors (Lipinski definition) is 5. The fourth-order valence-corrected chi connectivity index (χ4v) is 3.70. The molecule has 1 aliphatic rings. The predicted octanol–water partition coefficient (Wildman–Crippen LogP) is 3.62. The first-order valence-corrected chi connectivity index (χ1v) is 9.80. The Bertz CT molecular complexity index is 907. The van der Waals surface area contributed by atoms with E-state index in [9.17, 15) is 14.0 Å². The molecule has 0 unspecified atom stereocenters. The molecule has 0 aliphatic carbocycles. The number of carbonyl (C=O) groups is 2. The smallest absolute Gasteiger partial charge is 0.272 e. The highest BCUT2D eigenvalue weighted by Gasteiger charge is 2.40. The van der Waals surface area contributed by atoms with E-state index in [0.29, 0.717) is 17.0 Å². The van der Waals surface area contributed by atoms with Crippen molar-refractivity contribution in [3.05, 3.63) is 64.8 Å². The lowest BCUT2D eigenvalue weighted by Gasteiger charge is -2.16. The minimum atomic E-state index is -0.477. The van der Waals surface area contributed by atoms with Gasteiger partial charge in [0.15, 0.2) is 0 Å². The van der Waals surface area contributed by atoms with Crippen LogP contribution in [0, 0.1) is 5.82 Å². The van der Waals surface area contributed by atoms with E-state index in [4.69, 9.17) is 9.84 Å². The highest BCUT2D eigenvalue weighted by atomic mass is 32.2. The number of aliphatic hydroxyl groups excluding tert-OH is 1. The molecule has 3 rings (SSSR count). The van der Waals surface area contributed by atoms with E-state index < -0.39 is 17.6 Å². The van der Waals surface area contributed by atoms with Crippen molar-refractivity contribution in [1.29, 1.82) is 0 Å². The Kier molecular flexibility index (Phi) is 6.16. The summed E-state index contributed by atoms with van der Waals surface area (Å²) >= 11 is 1.11. The number of anilines is 1. The van der Waals surface area contributed by atoms with Gasteiger partial charge in [0.1, 0.15) is 11.6 Å². The number of rotatable bonds is 7. The van der Waals surface area contributed by atoms with Gasteiger partial charge in [0.25, 0.3) is 11.8 Å². The molecule has 146 valence electrons. The lowest BCUT2D eigenvalue weighted by Crippen LogP contribution is -2.31. The van der Waals surface area contributed by atoms with E-state index in [-0.39, 0.29) is 28.9 Å².